The number of nitrogens with zero attached hydrogens (tertiary/aromatic N) is 2. The van der Waals surface area contributed by atoms with Crippen LogP contribution in [0.2, 0.25) is 0 Å². The Hall–Kier alpha value is -3.75. The van der Waals surface area contributed by atoms with E-state index in [-0.39, 0.29) is 17.0 Å². The summed E-state index contributed by atoms with van der Waals surface area (Å²) in [5.74, 6) is -0.579. The van der Waals surface area contributed by atoms with Crippen LogP contribution in [-0.2, 0) is 16.1 Å². The molecule has 0 radical (unpaired) electrons. The van der Waals surface area contributed by atoms with Crippen molar-refractivity contribution in [2.45, 2.75) is 13.5 Å². The van der Waals surface area contributed by atoms with Crippen molar-refractivity contribution in [1.29, 1.82) is 0 Å². The average Bonchev–Trinajstić information content (AvgIpc) is 2.82. The molecule has 0 aliphatic carbocycles. The summed E-state index contributed by atoms with van der Waals surface area (Å²) in [6.45, 7) is 5.46. The van der Waals surface area contributed by atoms with Crippen LogP contribution in [0.25, 0.3) is 0 Å². The van der Waals surface area contributed by atoms with E-state index in [1.54, 1.807) is 36.5 Å². The molecule has 1 saturated heterocycles. The second kappa shape index (κ2) is 10.9. The number of nitrogens with one attached hydrogen (secondary N) is 2. The molecular weight excluding hydrogens is 432 g/mol. The number of amides is 2. The molecule has 1 aromatic heterocycles. The van der Waals surface area contributed by atoms with Crippen LogP contribution in [0, 0.1) is 6.92 Å². The summed E-state index contributed by atoms with van der Waals surface area (Å²) in [6.07, 6.45) is 1.68. The van der Waals surface area contributed by atoms with E-state index < -0.39 is 5.91 Å². The van der Waals surface area contributed by atoms with Gasteiger partial charge in [0.1, 0.15) is 5.56 Å². The molecule has 1 fully saturated rings. The SMILES string of the molecule is Cc1cccc(Cn2cccc(C(=O)Nc3ccc(NC(=O)CN4CCOCC4)cc3)c2=O)c1. The van der Waals surface area contributed by atoms with E-state index >= 15 is 0 Å². The summed E-state index contributed by atoms with van der Waals surface area (Å²) in [7, 11) is 0. The Kier molecular flexibility index (Phi) is 7.51. The van der Waals surface area contributed by atoms with E-state index in [0.717, 1.165) is 24.2 Å². The van der Waals surface area contributed by atoms with Crippen LogP contribution in [0.15, 0.2) is 71.7 Å². The molecule has 4 rings (SSSR count). The maximum absolute atomic E-state index is 12.9. The number of hydrogen-bond acceptors (Lipinski definition) is 5. The fourth-order valence-electron chi connectivity index (χ4n) is 3.84. The van der Waals surface area contributed by atoms with Crippen molar-refractivity contribution in [3.63, 3.8) is 0 Å². The van der Waals surface area contributed by atoms with Crippen LogP contribution in [0.5, 0.6) is 0 Å². The first kappa shape index (κ1) is 23.4. The van der Waals surface area contributed by atoms with Gasteiger partial charge in [0.25, 0.3) is 11.5 Å². The number of aryl methyl sites for hydroxylation is 1. The highest BCUT2D eigenvalue weighted by molar-refractivity contribution is 6.04. The minimum Gasteiger partial charge on any atom is -0.379 e. The lowest BCUT2D eigenvalue weighted by Crippen LogP contribution is -2.41. The molecule has 2 amide bonds. The van der Waals surface area contributed by atoms with Crippen molar-refractivity contribution in [3.8, 4) is 0 Å². The highest BCUT2D eigenvalue weighted by atomic mass is 16.5. The molecule has 0 atom stereocenters. The molecule has 1 aliphatic rings. The predicted octanol–water partition coefficient (Wildman–Crippen LogP) is 2.73. The normalized spacial score (nSPS) is 13.9. The van der Waals surface area contributed by atoms with Gasteiger partial charge < -0.3 is 19.9 Å². The number of aromatic nitrogens is 1. The minimum atomic E-state index is -0.479. The number of ether oxygens (including phenoxy) is 1. The second-order valence-corrected chi connectivity index (χ2v) is 8.31. The third-order valence-corrected chi connectivity index (χ3v) is 5.60. The molecule has 0 bridgehead atoms. The zero-order chi connectivity index (χ0) is 23.9. The van der Waals surface area contributed by atoms with Crippen molar-refractivity contribution in [2.24, 2.45) is 0 Å². The first-order valence-corrected chi connectivity index (χ1v) is 11.2. The molecular formula is C26H28N4O4. The largest absolute Gasteiger partial charge is 0.379 e. The number of carbonyl (C=O) groups is 2. The maximum atomic E-state index is 12.9. The lowest BCUT2D eigenvalue weighted by molar-refractivity contribution is -0.118. The summed E-state index contributed by atoms with van der Waals surface area (Å²) in [5.41, 5.74) is 2.98. The number of pyridine rings is 1. The second-order valence-electron chi connectivity index (χ2n) is 8.31. The van der Waals surface area contributed by atoms with Crippen LogP contribution >= 0.6 is 0 Å². The third kappa shape index (κ3) is 6.18. The van der Waals surface area contributed by atoms with Crippen LogP contribution in [0.4, 0.5) is 11.4 Å². The minimum absolute atomic E-state index is 0.0676. The molecule has 2 heterocycles. The van der Waals surface area contributed by atoms with Crippen molar-refractivity contribution in [1.82, 2.24) is 9.47 Å². The number of hydrogen-bond donors (Lipinski definition) is 2. The van der Waals surface area contributed by atoms with E-state index in [4.69, 9.17) is 4.74 Å². The Morgan fingerprint density at radius 3 is 2.35 bits per heavy atom. The molecule has 34 heavy (non-hydrogen) atoms. The fourth-order valence-corrected chi connectivity index (χ4v) is 3.84. The third-order valence-electron chi connectivity index (χ3n) is 5.60. The molecule has 2 N–H and O–H groups in total. The monoisotopic (exact) mass is 460 g/mol. The smallest absolute Gasteiger partial charge is 0.263 e. The first-order chi connectivity index (χ1) is 16.5. The van der Waals surface area contributed by atoms with Gasteiger partial charge in [-0.1, -0.05) is 29.8 Å². The lowest BCUT2D eigenvalue weighted by Gasteiger charge is -2.25. The van der Waals surface area contributed by atoms with E-state index in [1.165, 1.54) is 10.6 Å². The standard InChI is InChI=1S/C26H28N4O4/c1-19-4-2-5-20(16-19)17-30-11-3-6-23(26(30)33)25(32)28-22-9-7-21(8-10-22)27-24(31)18-29-12-14-34-15-13-29/h2-11,16H,12-15,17-18H2,1H3,(H,27,31)(H,28,32). The fraction of sp³-hybridized carbons (Fsp3) is 0.269. The van der Waals surface area contributed by atoms with Crippen LogP contribution < -0.4 is 16.2 Å². The molecule has 2 aromatic carbocycles. The topological polar surface area (TPSA) is 92.7 Å². The molecule has 0 unspecified atom stereocenters. The van der Waals surface area contributed by atoms with Gasteiger partial charge in [-0.05, 0) is 48.9 Å². The number of anilines is 2. The maximum Gasteiger partial charge on any atom is 0.263 e. The number of morpholine rings is 1. The zero-order valence-corrected chi connectivity index (χ0v) is 19.1. The Morgan fingerprint density at radius 1 is 0.941 bits per heavy atom. The Labute approximate surface area is 198 Å². The Bertz CT molecular complexity index is 1210. The van der Waals surface area contributed by atoms with Gasteiger partial charge in [-0.15, -0.1) is 0 Å². The van der Waals surface area contributed by atoms with E-state index in [1.807, 2.05) is 36.1 Å². The molecule has 3 aromatic rings. The van der Waals surface area contributed by atoms with Gasteiger partial charge in [0.2, 0.25) is 5.91 Å². The summed E-state index contributed by atoms with van der Waals surface area (Å²) < 4.78 is 6.82. The van der Waals surface area contributed by atoms with Crippen LogP contribution in [-0.4, -0.2) is 54.1 Å². The van der Waals surface area contributed by atoms with Crippen molar-refractivity contribution < 1.29 is 14.3 Å². The highest BCUT2D eigenvalue weighted by Crippen LogP contribution is 2.15. The van der Waals surface area contributed by atoms with Crippen LogP contribution in [0.3, 0.4) is 0 Å². The summed E-state index contributed by atoms with van der Waals surface area (Å²) in [5, 5.41) is 5.62. The van der Waals surface area contributed by atoms with Crippen molar-refractivity contribution in [2.75, 3.05) is 43.5 Å². The highest BCUT2D eigenvalue weighted by Gasteiger charge is 2.15. The average molecular weight is 461 g/mol. The Balaban J connectivity index is 1.37. The van der Waals surface area contributed by atoms with E-state index in [2.05, 4.69) is 10.6 Å². The summed E-state index contributed by atoms with van der Waals surface area (Å²) in [6, 6.07) is 17.9. The molecule has 0 saturated carbocycles. The number of carbonyl (C=O) groups excluding carboxylic acids is 2. The molecule has 0 spiro atoms. The predicted molar refractivity (Wildman–Crippen MR) is 131 cm³/mol. The van der Waals surface area contributed by atoms with Gasteiger partial charge in [0.05, 0.1) is 26.3 Å². The molecule has 176 valence electrons. The summed E-state index contributed by atoms with van der Waals surface area (Å²) >= 11 is 0. The van der Waals surface area contributed by atoms with Crippen molar-refractivity contribution >= 4 is 23.2 Å². The molecule has 8 nitrogen and oxygen atoms in total. The van der Waals surface area contributed by atoms with Gasteiger partial charge >= 0.3 is 0 Å². The molecule has 1 aliphatic heterocycles. The quantitative estimate of drug-likeness (QED) is 0.566. The van der Waals surface area contributed by atoms with Crippen LogP contribution in [0.1, 0.15) is 21.5 Å². The first-order valence-electron chi connectivity index (χ1n) is 11.2. The van der Waals surface area contributed by atoms with Crippen molar-refractivity contribution in [3.05, 3.63) is 93.9 Å². The lowest BCUT2D eigenvalue weighted by atomic mass is 10.1. The van der Waals surface area contributed by atoms with Gasteiger partial charge in [-0.25, -0.2) is 0 Å². The van der Waals surface area contributed by atoms with E-state index in [9.17, 15) is 14.4 Å². The van der Waals surface area contributed by atoms with Gasteiger partial charge in [-0.3, -0.25) is 19.3 Å². The summed E-state index contributed by atoms with van der Waals surface area (Å²) in [4.78, 5) is 39.9. The van der Waals surface area contributed by atoms with Gasteiger partial charge in [-0.2, -0.15) is 0 Å². The Morgan fingerprint density at radius 2 is 1.65 bits per heavy atom. The van der Waals surface area contributed by atoms with E-state index in [0.29, 0.717) is 37.7 Å². The number of benzene rings is 2. The van der Waals surface area contributed by atoms with Gasteiger partial charge in [0, 0.05) is 30.7 Å². The zero-order valence-electron chi connectivity index (χ0n) is 19.1. The number of rotatable bonds is 7. The van der Waals surface area contributed by atoms with Gasteiger partial charge in [0.15, 0.2) is 0 Å². The molecule has 8 heteroatoms.